The number of aryl methyl sites for hydroxylation is 1. The molecule has 5 rings (SSSR count). The molecule has 0 N–H and O–H groups in total. The number of ether oxygens (including phenoxy) is 1. The zero-order chi connectivity index (χ0) is 24.4. The third-order valence-corrected chi connectivity index (χ3v) is 7.06. The summed E-state index contributed by atoms with van der Waals surface area (Å²) >= 11 is 6.31. The van der Waals surface area contributed by atoms with Gasteiger partial charge >= 0.3 is 0 Å². The number of carbonyl (C=O) groups is 1. The number of carbonyl (C=O) groups excluding carboxylic acids is 1. The van der Waals surface area contributed by atoms with Gasteiger partial charge in [-0.2, -0.15) is 0 Å². The standard InChI is InChI=1S/C28H29ClN4O2/c1-20-7-3-5-9-24(20)31-13-15-32(16-14-31)28(34)17-23(22-8-4-6-10-26(22)35-2)25-18-30-27-12-11-21(29)19-33(25)27/h3-12,18-19,23H,13-17H2,1-2H3. The molecule has 3 heterocycles. The SMILES string of the molecule is COc1ccccc1C(CC(=O)N1CCN(c2ccccc2C)CC1)c1cnc2ccc(Cl)cn12. The zero-order valence-electron chi connectivity index (χ0n) is 20.0. The van der Waals surface area contributed by atoms with Crippen molar-refractivity contribution >= 4 is 28.8 Å². The van der Waals surface area contributed by atoms with Gasteiger partial charge in [0.1, 0.15) is 11.4 Å². The molecule has 1 unspecified atom stereocenters. The van der Waals surface area contributed by atoms with Crippen molar-refractivity contribution in [1.82, 2.24) is 14.3 Å². The molecule has 1 fully saturated rings. The fraction of sp³-hybridized carbons (Fsp3) is 0.286. The molecule has 2 aromatic carbocycles. The van der Waals surface area contributed by atoms with Crippen LogP contribution in [-0.4, -0.2) is 53.5 Å². The highest BCUT2D eigenvalue weighted by molar-refractivity contribution is 6.30. The van der Waals surface area contributed by atoms with Crippen molar-refractivity contribution in [3.63, 3.8) is 0 Å². The van der Waals surface area contributed by atoms with E-state index in [0.29, 0.717) is 24.5 Å². The lowest BCUT2D eigenvalue weighted by Gasteiger charge is -2.37. The summed E-state index contributed by atoms with van der Waals surface area (Å²) in [5, 5.41) is 0.620. The van der Waals surface area contributed by atoms with Crippen molar-refractivity contribution in [1.29, 1.82) is 0 Å². The molecule has 4 aromatic rings. The Labute approximate surface area is 210 Å². The molecule has 0 spiro atoms. The number of methoxy groups -OCH3 is 1. The molecule has 0 radical (unpaired) electrons. The summed E-state index contributed by atoms with van der Waals surface area (Å²) in [4.78, 5) is 22.5. The van der Waals surface area contributed by atoms with Crippen molar-refractivity contribution in [3.05, 3.63) is 94.9 Å². The maximum atomic E-state index is 13.6. The summed E-state index contributed by atoms with van der Waals surface area (Å²) in [6.07, 6.45) is 4.02. The third-order valence-electron chi connectivity index (χ3n) is 6.84. The van der Waals surface area contributed by atoms with Gasteiger partial charge in [0.05, 0.1) is 17.8 Å². The highest BCUT2D eigenvalue weighted by atomic mass is 35.5. The normalized spacial score (nSPS) is 14.8. The minimum atomic E-state index is -0.221. The minimum absolute atomic E-state index is 0.127. The topological polar surface area (TPSA) is 50.1 Å². The number of fused-ring (bicyclic) bond motifs is 1. The Balaban J connectivity index is 1.41. The number of rotatable bonds is 6. The van der Waals surface area contributed by atoms with E-state index in [-0.39, 0.29) is 11.8 Å². The number of piperazine rings is 1. The number of nitrogens with zero attached hydrogens (tertiary/aromatic N) is 4. The van der Waals surface area contributed by atoms with Gasteiger partial charge in [-0.1, -0.05) is 48.0 Å². The van der Waals surface area contributed by atoms with Gasteiger partial charge in [0.25, 0.3) is 0 Å². The van der Waals surface area contributed by atoms with E-state index in [1.54, 1.807) is 7.11 Å². The third kappa shape index (κ3) is 4.71. The van der Waals surface area contributed by atoms with Crippen molar-refractivity contribution < 1.29 is 9.53 Å². The fourth-order valence-corrected chi connectivity index (χ4v) is 5.14. The second-order valence-corrected chi connectivity index (χ2v) is 9.35. The minimum Gasteiger partial charge on any atom is -0.496 e. The van der Waals surface area contributed by atoms with E-state index in [2.05, 4.69) is 41.1 Å². The van der Waals surface area contributed by atoms with Crippen molar-refractivity contribution in [2.45, 2.75) is 19.3 Å². The van der Waals surface area contributed by atoms with E-state index in [9.17, 15) is 4.79 Å². The smallest absolute Gasteiger partial charge is 0.223 e. The quantitative estimate of drug-likeness (QED) is 0.375. The molecule has 1 atom stereocenters. The average Bonchev–Trinajstić information content (AvgIpc) is 3.30. The predicted molar refractivity (Wildman–Crippen MR) is 140 cm³/mol. The van der Waals surface area contributed by atoms with Crippen LogP contribution in [0.5, 0.6) is 5.75 Å². The Kier molecular flexibility index (Phi) is 6.64. The molecule has 0 bridgehead atoms. The Morgan fingerprint density at radius 1 is 1.03 bits per heavy atom. The maximum Gasteiger partial charge on any atom is 0.223 e. The zero-order valence-corrected chi connectivity index (χ0v) is 20.8. The lowest BCUT2D eigenvalue weighted by molar-refractivity contribution is -0.131. The van der Waals surface area contributed by atoms with E-state index >= 15 is 0 Å². The number of halogens is 1. The molecule has 1 amide bonds. The van der Waals surface area contributed by atoms with Gasteiger partial charge in [-0.05, 0) is 36.8 Å². The van der Waals surface area contributed by atoms with Crippen molar-refractivity contribution in [2.75, 3.05) is 38.2 Å². The number of hydrogen-bond donors (Lipinski definition) is 0. The second-order valence-electron chi connectivity index (χ2n) is 8.91. The van der Waals surface area contributed by atoms with Crippen LogP contribution in [0, 0.1) is 6.92 Å². The Morgan fingerprint density at radius 3 is 2.54 bits per heavy atom. The summed E-state index contributed by atoms with van der Waals surface area (Å²) in [5.74, 6) is 0.662. The summed E-state index contributed by atoms with van der Waals surface area (Å²) in [7, 11) is 1.66. The monoisotopic (exact) mass is 488 g/mol. The fourth-order valence-electron chi connectivity index (χ4n) is 4.98. The van der Waals surface area contributed by atoms with Crippen LogP contribution in [0.1, 0.15) is 29.2 Å². The number of anilines is 1. The molecular weight excluding hydrogens is 460 g/mol. The van der Waals surface area contributed by atoms with Crippen LogP contribution in [0.3, 0.4) is 0 Å². The van der Waals surface area contributed by atoms with Crippen LogP contribution in [0.4, 0.5) is 5.69 Å². The van der Waals surface area contributed by atoms with Crippen LogP contribution in [-0.2, 0) is 4.79 Å². The van der Waals surface area contributed by atoms with E-state index in [1.165, 1.54) is 11.3 Å². The van der Waals surface area contributed by atoms with Gasteiger partial charge < -0.3 is 18.9 Å². The number of pyridine rings is 1. The number of amides is 1. The number of para-hydroxylation sites is 2. The van der Waals surface area contributed by atoms with E-state index < -0.39 is 0 Å². The van der Waals surface area contributed by atoms with Crippen LogP contribution in [0.2, 0.25) is 5.02 Å². The number of hydrogen-bond acceptors (Lipinski definition) is 4. The lowest BCUT2D eigenvalue weighted by atomic mass is 9.91. The molecule has 0 aliphatic carbocycles. The molecule has 1 aliphatic rings. The van der Waals surface area contributed by atoms with E-state index in [4.69, 9.17) is 16.3 Å². The highest BCUT2D eigenvalue weighted by Crippen LogP contribution is 2.35. The first-order chi connectivity index (χ1) is 17.0. The molecule has 7 heteroatoms. The lowest BCUT2D eigenvalue weighted by Crippen LogP contribution is -2.49. The summed E-state index contributed by atoms with van der Waals surface area (Å²) in [5.41, 5.74) is 5.18. The molecule has 1 aliphatic heterocycles. The van der Waals surface area contributed by atoms with Gasteiger partial charge in [-0.25, -0.2) is 4.98 Å². The van der Waals surface area contributed by atoms with E-state index in [1.807, 2.05) is 58.1 Å². The van der Waals surface area contributed by atoms with E-state index in [0.717, 1.165) is 35.7 Å². The van der Waals surface area contributed by atoms with Gasteiger partial charge in [-0.15, -0.1) is 0 Å². The van der Waals surface area contributed by atoms with Gasteiger partial charge in [0.15, 0.2) is 0 Å². The van der Waals surface area contributed by atoms with Crippen LogP contribution < -0.4 is 9.64 Å². The first kappa shape index (κ1) is 23.2. The van der Waals surface area contributed by atoms with Crippen LogP contribution in [0.15, 0.2) is 73.1 Å². The predicted octanol–water partition coefficient (Wildman–Crippen LogP) is 5.18. The molecule has 35 heavy (non-hydrogen) atoms. The Bertz CT molecular complexity index is 1340. The number of aromatic nitrogens is 2. The first-order valence-electron chi connectivity index (χ1n) is 11.9. The first-order valence-corrected chi connectivity index (χ1v) is 12.3. The van der Waals surface area contributed by atoms with Gasteiger partial charge in [-0.3, -0.25) is 4.79 Å². The Morgan fingerprint density at radius 2 is 1.77 bits per heavy atom. The number of imidazole rings is 1. The molecule has 2 aromatic heterocycles. The molecule has 180 valence electrons. The van der Waals surface area contributed by atoms with Crippen LogP contribution >= 0.6 is 11.6 Å². The van der Waals surface area contributed by atoms with Crippen molar-refractivity contribution in [2.24, 2.45) is 0 Å². The Hall–Kier alpha value is -3.51. The second kappa shape index (κ2) is 10.0. The molecule has 1 saturated heterocycles. The number of benzene rings is 2. The highest BCUT2D eigenvalue weighted by Gasteiger charge is 2.29. The summed E-state index contributed by atoms with van der Waals surface area (Å²) < 4.78 is 7.65. The molecular formula is C28H29ClN4O2. The molecule has 6 nitrogen and oxygen atoms in total. The largest absolute Gasteiger partial charge is 0.496 e. The maximum absolute atomic E-state index is 13.6. The average molecular weight is 489 g/mol. The summed E-state index contributed by atoms with van der Waals surface area (Å²) in [6, 6.07) is 20.0. The molecule has 0 saturated carbocycles. The summed E-state index contributed by atoms with van der Waals surface area (Å²) in [6.45, 7) is 5.17. The van der Waals surface area contributed by atoms with Gasteiger partial charge in [0.2, 0.25) is 5.91 Å². The van der Waals surface area contributed by atoms with Crippen LogP contribution in [0.25, 0.3) is 5.65 Å². The van der Waals surface area contributed by atoms with Gasteiger partial charge in [0, 0.05) is 62.2 Å². The van der Waals surface area contributed by atoms with Crippen molar-refractivity contribution in [3.8, 4) is 5.75 Å².